The Morgan fingerprint density at radius 2 is 1.90 bits per heavy atom. The predicted octanol–water partition coefficient (Wildman–Crippen LogP) is 3.32. The quantitative estimate of drug-likeness (QED) is 0.373. The molecule has 1 aromatic heterocycles. The van der Waals surface area contributed by atoms with Crippen LogP contribution in [-0.4, -0.2) is 35.4 Å². The van der Waals surface area contributed by atoms with Gasteiger partial charge < -0.3 is 19.0 Å². The van der Waals surface area contributed by atoms with Crippen molar-refractivity contribution in [3.8, 4) is 11.9 Å². The molecule has 1 heterocycles. The Bertz CT molecular complexity index is 871. The zero-order chi connectivity index (χ0) is 21.6. The van der Waals surface area contributed by atoms with E-state index in [2.05, 4.69) is 14.7 Å². The summed E-state index contributed by atoms with van der Waals surface area (Å²) in [5, 5.41) is 0. The molecular weight excluding hydrogens is 393 g/mol. The van der Waals surface area contributed by atoms with E-state index in [0.29, 0.717) is 23.5 Å². The van der Waals surface area contributed by atoms with Crippen molar-refractivity contribution in [2.45, 2.75) is 38.7 Å². The lowest BCUT2D eigenvalue weighted by Gasteiger charge is -2.16. The Labute approximate surface area is 164 Å². The van der Waals surface area contributed by atoms with Crippen LogP contribution >= 0.6 is 0 Å². The fourth-order valence-electron chi connectivity index (χ4n) is 2.39. The average Bonchev–Trinajstić information content (AvgIpc) is 2.66. The van der Waals surface area contributed by atoms with E-state index in [1.165, 1.54) is 6.07 Å². The standard InChI is InChI=1S/C19H19F3N2O5/c1-11(2)29-18-23-15(19(20,21)22)8-16(24-18)28-10-12-6-4-5-7-13(12)14(9-25)17(26)27-3/h4-9,11,14H,10H2,1-3H3. The number of carbonyl (C=O) groups excluding carboxylic acids is 2. The van der Waals surface area contributed by atoms with E-state index in [4.69, 9.17) is 9.47 Å². The summed E-state index contributed by atoms with van der Waals surface area (Å²) in [5.74, 6) is -2.31. The lowest BCUT2D eigenvalue weighted by molar-refractivity contribution is -0.144. The molecule has 7 nitrogen and oxygen atoms in total. The van der Waals surface area contributed by atoms with Gasteiger partial charge in [0.05, 0.1) is 13.2 Å². The topological polar surface area (TPSA) is 87.6 Å². The summed E-state index contributed by atoms with van der Waals surface area (Å²) in [7, 11) is 1.15. The molecule has 2 rings (SSSR count). The summed E-state index contributed by atoms with van der Waals surface area (Å²) >= 11 is 0. The first kappa shape index (κ1) is 22.1. The second-order valence-electron chi connectivity index (χ2n) is 6.16. The van der Waals surface area contributed by atoms with Crippen molar-refractivity contribution in [2.24, 2.45) is 0 Å². The Balaban J connectivity index is 2.32. The van der Waals surface area contributed by atoms with Crippen molar-refractivity contribution in [1.29, 1.82) is 0 Å². The number of halogens is 3. The van der Waals surface area contributed by atoms with Crippen LogP contribution in [0.25, 0.3) is 0 Å². The number of benzene rings is 1. The molecule has 156 valence electrons. The molecule has 0 spiro atoms. The van der Waals surface area contributed by atoms with E-state index in [-0.39, 0.29) is 12.5 Å². The highest BCUT2D eigenvalue weighted by Gasteiger charge is 2.34. The maximum absolute atomic E-state index is 13.1. The van der Waals surface area contributed by atoms with Crippen molar-refractivity contribution >= 4 is 12.3 Å². The smallest absolute Gasteiger partial charge is 0.433 e. The van der Waals surface area contributed by atoms with Gasteiger partial charge in [-0.2, -0.15) is 23.1 Å². The van der Waals surface area contributed by atoms with Crippen LogP contribution < -0.4 is 9.47 Å². The first-order chi connectivity index (χ1) is 13.7. The first-order valence-electron chi connectivity index (χ1n) is 8.52. The lowest BCUT2D eigenvalue weighted by Crippen LogP contribution is -2.18. The summed E-state index contributed by atoms with van der Waals surface area (Å²) < 4.78 is 54.5. The number of nitrogens with zero attached hydrogens (tertiary/aromatic N) is 2. The maximum Gasteiger partial charge on any atom is 0.433 e. The monoisotopic (exact) mass is 412 g/mol. The van der Waals surface area contributed by atoms with Gasteiger partial charge in [0.15, 0.2) is 5.69 Å². The third-order valence-electron chi connectivity index (χ3n) is 3.67. The highest BCUT2D eigenvalue weighted by molar-refractivity contribution is 5.94. The maximum atomic E-state index is 13.1. The van der Waals surface area contributed by atoms with Crippen LogP contribution in [0.1, 0.15) is 36.6 Å². The first-order valence-corrected chi connectivity index (χ1v) is 8.52. The highest BCUT2D eigenvalue weighted by atomic mass is 19.4. The zero-order valence-corrected chi connectivity index (χ0v) is 15.9. The van der Waals surface area contributed by atoms with Crippen LogP contribution in [0.15, 0.2) is 30.3 Å². The number of hydrogen-bond donors (Lipinski definition) is 0. The number of alkyl halides is 3. The van der Waals surface area contributed by atoms with E-state index >= 15 is 0 Å². The minimum atomic E-state index is -4.72. The van der Waals surface area contributed by atoms with E-state index in [9.17, 15) is 22.8 Å². The van der Waals surface area contributed by atoms with E-state index in [0.717, 1.165) is 7.11 Å². The summed E-state index contributed by atoms with van der Waals surface area (Å²) in [6.45, 7) is 2.99. The fraction of sp³-hybridized carbons (Fsp3) is 0.368. The van der Waals surface area contributed by atoms with Crippen molar-refractivity contribution in [1.82, 2.24) is 9.97 Å². The van der Waals surface area contributed by atoms with Gasteiger partial charge in [-0.3, -0.25) is 4.79 Å². The Morgan fingerprint density at radius 3 is 2.48 bits per heavy atom. The third kappa shape index (κ3) is 5.90. The molecule has 0 aliphatic rings. The number of carbonyl (C=O) groups is 2. The highest BCUT2D eigenvalue weighted by Crippen LogP contribution is 2.31. The third-order valence-corrected chi connectivity index (χ3v) is 3.67. The number of aromatic nitrogens is 2. The normalized spacial score (nSPS) is 12.4. The Kier molecular flexibility index (Phi) is 7.13. The number of methoxy groups -OCH3 is 1. The number of ether oxygens (including phenoxy) is 3. The number of rotatable bonds is 8. The molecule has 2 aromatic rings. The average molecular weight is 412 g/mol. The predicted molar refractivity (Wildman–Crippen MR) is 94.4 cm³/mol. The van der Waals surface area contributed by atoms with Gasteiger partial charge in [0, 0.05) is 6.07 Å². The molecule has 0 radical (unpaired) electrons. The van der Waals surface area contributed by atoms with Crippen LogP contribution in [-0.2, 0) is 27.1 Å². The summed E-state index contributed by atoms with van der Waals surface area (Å²) in [4.78, 5) is 30.3. The van der Waals surface area contributed by atoms with Crippen LogP contribution in [0, 0.1) is 0 Å². The van der Waals surface area contributed by atoms with Crippen molar-refractivity contribution in [3.63, 3.8) is 0 Å². The molecule has 0 N–H and O–H groups in total. The van der Waals surface area contributed by atoms with Gasteiger partial charge in [0.25, 0.3) is 0 Å². The van der Waals surface area contributed by atoms with E-state index < -0.39 is 35.9 Å². The largest absolute Gasteiger partial charge is 0.473 e. The van der Waals surface area contributed by atoms with Gasteiger partial charge in [-0.25, -0.2) is 0 Å². The number of esters is 1. The van der Waals surface area contributed by atoms with Gasteiger partial charge in [-0.05, 0) is 25.0 Å². The molecule has 0 amide bonds. The van der Waals surface area contributed by atoms with Crippen LogP contribution in [0.3, 0.4) is 0 Å². The molecule has 0 bridgehead atoms. The van der Waals surface area contributed by atoms with E-state index in [1.807, 2.05) is 0 Å². The molecule has 10 heteroatoms. The molecule has 0 fully saturated rings. The van der Waals surface area contributed by atoms with Crippen molar-refractivity contribution in [3.05, 3.63) is 47.2 Å². The van der Waals surface area contributed by atoms with Gasteiger partial charge in [-0.1, -0.05) is 24.3 Å². The molecule has 1 atom stereocenters. The molecule has 0 saturated carbocycles. The lowest BCUT2D eigenvalue weighted by atomic mass is 9.95. The van der Waals surface area contributed by atoms with Crippen LogP contribution in [0.2, 0.25) is 0 Å². The van der Waals surface area contributed by atoms with Crippen LogP contribution in [0.5, 0.6) is 11.9 Å². The summed E-state index contributed by atoms with van der Waals surface area (Å²) in [6, 6.07) is 6.52. The zero-order valence-electron chi connectivity index (χ0n) is 15.9. The van der Waals surface area contributed by atoms with E-state index in [1.54, 1.807) is 32.0 Å². The molecule has 0 saturated heterocycles. The SMILES string of the molecule is COC(=O)C(C=O)c1ccccc1COc1cc(C(F)(F)F)nc(OC(C)C)n1. The molecule has 1 unspecified atom stereocenters. The van der Waals surface area contributed by atoms with Crippen molar-refractivity contribution in [2.75, 3.05) is 7.11 Å². The molecular formula is C19H19F3N2O5. The van der Waals surface area contributed by atoms with Gasteiger partial charge in [-0.15, -0.1) is 0 Å². The summed E-state index contributed by atoms with van der Waals surface area (Å²) in [6.07, 6.45) is -4.74. The molecule has 0 aliphatic heterocycles. The van der Waals surface area contributed by atoms with Crippen molar-refractivity contribution < 1.29 is 37.0 Å². The summed E-state index contributed by atoms with van der Waals surface area (Å²) in [5.41, 5.74) is -0.488. The molecule has 0 aliphatic carbocycles. The minimum absolute atomic E-state index is 0.243. The second kappa shape index (κ2) is 9.35. The fourth-order valence-corrected chi connectivity index (χ4v) is 2.39. The Morgan fingerprint density at radius 1 is 1.21 bits per heavy atom. The minimum Gasteiger partial charge on any atom is -0.473 e. The van der Waals surface area contributed by atoms with Gasteiger partial charge in [0.1, 0.15) is 18.8 Å². The number of aldehydes is 1. The Hall–Kier alpha value is -3.17. The van der Waals surface area contributed by atoms with Gasteiger partial charge in [0.2, 0.25) is 5.88 Å². The van der Waals surface area contributed by atoms with Crippen LogP contribution in [0.4, 0.5) is 13.2 Å². The second-order valence-corrected chi connectivity index (χ2v) is 6.16. The molecule has 1 aromatic carbocycles. The van der Waals surface area contributed by atoms with Gasteiger partial charge >= 0.3 is 18.2 Å². The number of hydrogen-bond acceptors (Lipinski definition) is 7. The molecule has 29 heavy (non-hydrogen) atoms.